The number of halogens is 3. The van der Waals surface area contributed by atoms with E-state index in [-0.39, 0.29) is 24.7 Å². The predicted molar refractivity (Wildman–Crippen MR) is 117 cm³/mol. The van der Waals surface area contributed by atoms with E-state index in [0.717, 1.165) is 11.1 Å². The fraction of sp³-hybridized carbons (Fsp3) is 0.300. The lowest BCUT2D eigenvalue weighted by atomic mass is 9.92. The average Bonchev–Trinajstić information content (AvgIpc) is 2.67. The number of fused-ring (bicyclic) bond motifs is 1. The van der Waals surface area contributed by atoms with E-state index in [1.807, 2.05) is 24.3 Å². The minimum absolute atomic E-state index is 0. The summed E-state index contributed by atoms with van der Waals surface area (Å²) < 4.78 is 4.85. The summed E-state index contributed by atoms with van der Waals surface area (Å²) in [6, 6.07) is 9.80. The van der Waals surface area contributed by atoms with Crippen molar-refractivity contribution in [2.75, 3.05) is 12.4 Å². The highest BCUT2D eigenvalue weighted by Crippen LogP contribution is 2.40. The Bertz CT molecular complexity index is 891. The molecular formula is C20H22Cl3N3O3. The number of benzene rings is 2. The van der Waals surface area contributed by atoms with E-state index in [1.165, 1.54) is 7.11 Å². The Labute approximate surface area is 185 Å². The summed E-state index contributed by atoms with van der Waals surface area (Å²) in [6.45, 7) is 0.453. The Morgan fingerprint density at radius 2 is 1.86 bits per heavy atom. The van der Waals surface area contributed by atoms with Crippen LogP contribution < -0.4 is 16.4 Å². The third-order valence-electron chi connectivity index (χ3n) is 4.69. The van der Waals surface area contributed by atoms with Crippen LogP contribution in [0.25, 0.3) is 0 Å². The lowest BCUT2D eigenvalue weighted by Gasteiger charge is -2.33. The molecule has 0 saturated heterocycles. The summed E-state index contributed by atoms with van der Waals surface area (Å²) in [7, 11) is 1.32. The highest BCUT2D eigenvalue weighted by Gasteiger charge is 2.34. The van der Waals surface area contributed by atoms with Crippen molar-refractivity contribution in [1.29, 1.82) is 0 Å². The van der Waals surface area contributed by atoms with E-state index in [9.17, 15) is 9.59 Å². The van der Waals surface area contributed by atoms with E-state index >= 15 is 0 Å². The van der Waals surface area contributed by atoms with Crippen LogP contribution in [-0.2, 0) is 27.3 Å². The number of nitrogens with two attached hydrogens (primary N) is 1. The Balaban J connectivity index is 0.00000300. The minimum Gasteiger partial charge on any atom is -0.467 e. The molecule has 0 fully saturated rings. The van der Waals surface area contributed by atoms with E-state index in [4.69, 9.17) is 33.7 Å². The molecule has 2 atom stereocenters. The summed E-state index contributed by atoms with van der Waals surface area (Å²) in [5, 5.41) is 6.93. The molecule has 2 aromatic rings. The number of amides is 1. The number of anilines is 1. The Kier molecular flexibility index (Phi) is 8.16. The van der Waals surface area contributed by atoms with Crippen LogP contribution in [0.15, 0.2) is 36.4 Å². The molecule has 0 radical (unpaired) electrons. The second-order valence-electron chi connectivity index (χ2n) is 6.62. The number of esters is 1. The molecule has 156 valence electrons. The van der Waals surface area contributed by atoms with Crippen LogP contribution in [0.4, 0.5) is 5.69 Å². The largest absolute Gasteiger partial charge is 0.467 e. The Hall–Kier alpha value is -1.99. The molecule has 0 bridgehead atoms. The third-order valence-corrected chi connectivity index (χ3v) is 5.22. The van der Waals surface area contributed by atoms with E-state index in [0.29, 0.717) is 34.3 Å². The molecule has 2 aromatic carbocycles. The van der Waals surface area contributed by atoms with Gasteiger partial charge in [0.2, 0.25) is 5.91 Å². The van der Waals surface area contributed by atoms with Crippen molar-refractivity contribution >= 4 is 53.2 Å². The van der Waals surface area contributed by atoms with Crippen LogP contribution in [0, 0.1) is 0 Å². The molecular weight excluding hydrogens is 437 g/mol. The number of carbonyl (C=O) groups is 2. The van der Waals surface area contributed by atoms with Gasteiger partial charge in [0.25, 0.3) is 0 Å². The van der Waals surface area contributed by atoms with Crippen molar-refractivity contribution in [3.63, 3.8) is 0 Å². The van der Waals surface area contributed by atoms with Gasteiger partial charge in [-0.05, 0) is 23.3 Å². The lowest BCUT2D eigenvalue weighted by molar-refractivity contribution is -0.142. The van der Waals surface area contributed by atoms with Crippen molar-refractivity contribution in [1.82, 2.24) is 5.32 Å². The lowest BCUT2D eigenvalue weighted by Crippen LogP contribution is -2.42. The summed E-state index contributed by atoms with van der Waals surface area (Å²) in [6.07, 6.45) is 0.525. The van der Waals surface area contributed by atoms with E-state index < -0.39 is 18.1 Å². The third kappa shape index (κ3) is 5.54. The molecule has 6 nitrogen and oxygen atoms in total. The van der Waals surface area contributed by atoms with Gasteiger partial charge in [-0.3, -0.25) is 4.79 Å². The van der Waals surface area contributed by atoms with Gasteiger partial charge in [-0.15, -0.1) is 12.4 Å². The number of methoxy groups -OCH3 is 1. The molecule has 1 amide bonds. The molecule has 0 saturated carbocycles. The number of hydrogen-bond donors (Lipinski definition) is 3. The van der Waals surface area contributed by atoms with Crippen LogP contribution in [0.3, 0.4) is 0 Å². The number of carbonyl (C=O) groups excluding carboxylic acids is 2. The molecule has 1 heterocycles. The minimum atomic E-state index is -0.610. The Morgan fingerprint density at radius 1 is 1.21 bits per heavy atom. The zero-order chi connectivity index (χ0) is 20.3. The topological polar surface area (TPSA) is 93.5 Å². The molecule has 1 aliphatic heterocycles. The highest BCUT2D eigenvalue weighted by atomic mass is 35.5. The second-order valence-corrected chi connectivity index (χ2v) is 7.47. The molecule has 0 aromatic heterocycles. The van der Waals surface area contributed by atoms with Crippen LogP contribution in [-0.4, -0.2) is 25.0 Å². The van der Waals surface area contributed by atoms with Gasteiger partial charge in [0, 0.05) is 34.3 Å². The van der Waals surface area contributed by atoms with Crippen LogP contribution in [0.5, 0.6) is 0 Å². The van der Waals surface area contributed by atoms with Gasteiger partial charge in [-0.1, -0.05) is 47.5 Å². The fourth-order valence-electron chi connectivity index (χ4n) is 3.31. The van der Waals surface area contributed by atoms with Gasteiger partial charge >= 0.3 is 5.97 Å². The summed E-state index contributed by atoms with van der Waals surface area (Å²) in [4.78, 5) is 24.7. The second kappa shape index (κ2) is 10.2. The number of ether oxygens (including phenoxy) is 1. The zero-order valence-corrected chi connectivity index (χ0v) is 18.0. The summed E-state index contributed by atoms with van der Waals surface area (Å²) in [5.41, 5.74) is 8.79. The highest BCUT2D eigenvalue weighted by molar-refractivity contribution is 6.35. The van der Waals surface area contributed by atoms with Crippen molar-refractivity contribution in [3.05, 3.63) is 63.1 Å². The first-order chi connectivity index (χ1) is 13.4. The molecule has 4 N–H and O–H groups in total. The monoisotopic (exact) mass is 457 g/mol. The van der Waals surface area contributed by atoms with Crippen molar-refractivity contribution in [2.24, 2.45) is 5.73 Å². The van der Waals surface area contributed by atoms with Crippen LogP contribution in [0.2, 0.25) is 10.0 Å². The van der Waals surface area contributed by atoms with Gasteiger partial charge in [0.15, 0.2) is 0 Å². The van der Waals surface area contributed by atoms with Gasteiger partial charge < -0.3 is 21.1 Å². The molecule has 29 heavy (non-hydrogen) atoms. The van der Waals surface area contributed by atoms with Gasteiger partial charge in [0.1, 0.15) is 6.04 Å². The fourth-order valence-corrected chi connectivity index (χ4v) is 3.94. The first-order valence-electron chi connectivity index (χ1n) is 8.81. The normalized spacial score (nSPS) is 17.4. The quantitative estimate of drug-likeness (QED) is 0.595. The van der Waals surface area contributed by atoms with E-state index in [2.05, 4.69) is 10.6 Å². The van der Waals surface area contributed by atoms with Gasteiger partial charge in [0.05, 0.1) is 19.6 Å². The maximum atomic E-state index is 12.6. The predicted octanol–water partition coefficient (Wildman–Crippen LogP) is 3.63. The van der Waals surface area contributed by atoms with Gasteiger partial charge in [-0.25, -0.2) is 4.79 Å². The number of hydrogen-bond acceptors (Lipinski definition) is 5. The summed E-state index contributed by atoms with van der Waals surface area (Å²) >= 11 is 12.5. The maximum absolute atomic E-state index is 12.6. The SMILES string of the molecule is COC(=O)C1CC(NC(=O)Cc2ccc(CN)cc2)c2c(Cl)cc(Cl)cc2N1.Cl. The number of rotatable bonds is 5. The standard InChI is InChI=1S/C20H21Cl2N3O3.ClH/c1-28-20(27)17-9-16(19-14(22)7-13(21)8-15(19)24-17)25-18(26)6-11-2-4-12(10-23)5-3-11;/h2-5,7-8,16-17,24H,6,9-10,23H2,1H3,(H,25,26);1H. The molecule has 1 aliphatic rings. The van der Waals surface area contributed by atoms with Crippen molar-refractivity contribution in [3.8, 4) is 0 Å². The first kappa shape index (κ1) is 23.3. The van der Waals surface area contributed by atoms with Crippen LogP contribution >= 0.6 is 35.6 Å². The smallest absolute Gasteiger partial charge is 0.328 e. The summed E-state index contributed by atoms with van der Waals surface area (Å²) in [5.74, 6) is -0.591. The molecule has 0 spiro atoms. The van der Waals surface area contributed by atoms with Gasteiger partial charge in [-0.2, -0.15) is 0 Å². The molecule has 0 aliphatic carbocycles. The van der Waals surface area contributed by atoms with Crippen LogP contribution in [0.1, 0.15) is 29.2 Å². The first-order valence-corrected chi connectivity index (χ1v) is 9.57. The molecule has 2 unspecified atom stereocenters. The zero-order valence-electron chi connectivity index (χ0n) is 15.7. The van der Waals surface area contributed by atoms with Crippen molar-refractivity contribution < 1.29 is 14.3 Å². The maximum Gasteiger partial charge on any atom is 0.328 e. The van der Waals surface area contributed by atoms with Crippen molar-refractivity contribution in [2.45, 2.75) is 31.5 Å². The Morgan fingerprint density at radius 3 is 2.48 bits per heavy atom. The molecule has 9 heteroatoms. The number of nitrogens with one attached hydrogen (secondary N) is 2. The molecule has 3 rings (SSSR count). The van der Waals surface area contributed by atoms with E-state index in [1.54, 1.807) is 12.1 Å². The average molecular weight is 459 g/mol.